The monoisotopic (exact) mass is 232 g/mol. The lowest BCUT2D eigenvalue weighted by atomic mass is 10.0. The second kappa shape index (κ2) is 4.59. The van der Waals surface area contributed by atoms with Crippen LogP contribution in [0.3, 0.4) is 0 Å². The number of benzene rings is 1. The van der Waals surface area contributed by atoms with E-state index in [0.29, 0.717) is 17.4 Å². The van der Waals surface area contributed by atoms with Crippen molar-refractivity contribution >= 4 is 16.7 Å². The van der Waals surface area contributed by atoms with Crippen molar-refractivity contribution in [3.63, 3.8) is 0 Å². The third kappa shape index (κ3) is 2.03. The summed E-state index contributed by atoms with van der Waals surface area (Å²) < 4.78 is 0. The van der Waals surface area contributed by atoms with Gasteiger partial charge >= 0.3 is 0 Å². The normalized spacial score (nSPS) is 12.8. The van der Waals surface area contributed by atoms with E-state index in [2.05, 4.69) is 4.98 Å². The fourth-order valence-electron chi connectivity index (χ4n) is 2.00. The first kappa shape index (κ1) is 11.7. The van der Waals surface area contributed by atoms with Crippen LogP contribution >= 0.6 is 0 Å². The van der Waals surface area contributed by atoms with E-state index in [1.807, 2.05) is 13.0 Å². The molecule has 1 aromatic heterocycles. The number of ketones is 1. The second-order valence-electron chi connectivity index (χ2n) is 4.16. The maximum Gasteiger partial charge on any atom is 0.181 e. The van der Waals surface area contributed by atoms with E-state index < -0.39 is 6.04 Å². The van der Waals surface area contributed by atoms with E-state index in [-0.39, 0.29) is 11.5 Å². The molecule has 17 heavy (non-hydrogen) atoms. The van der Waals surface area contributed by atoms with Crippen molar-refractivity contribution in [2.24, 2.45) is 5.73 Å². The van der Waals surface area contributed by atoms with Crippen LogP contribution in [0.5, 0.6) is 5.75 Å². The number of aromatic amines is 1. The third-order valence-electron chi connectivity index (χ3n) is 2.89. The molecular weight excluding hydrogens is 216 g/mol. The number of phenolic OH excluding ortho intramolecular Hbond substituents is 1. The highest BCUT2D eigenvalue weighted by Crippen LogP contribution is 2.28. The summed E-state index contributed by atoms with van der Waals surface area (Å²) in [5.74, 6) is -0.0181. The molecule has 0 amide bonds. The summed E-state index contributed by atoms with van der Waals surface area (Å²) in [5.41, 5.74) is 7.03. The third-order valence-corrected chi connectivity index (χ3v) is 2.89. The van der Waals surface area contributed by atoms with E-state index in [1.54, 1.807) is 18.3 Å². The minimum atomic E-state index is -0.501. The summed E-state index contributed by atoms with van der Waals surface area (Å²) in [6.07, 6.45) is 3.13. The molecule has 0 saturated carbocycles. The molecule has 0 bridgehead atoms. The van der Waals surface area contributed by atoms with Crippen molar-refractivity contribution in [1.29, 1.82) is 0 Å². The average Bonchev–Trinajstić information content (AvgIpc) is 2.73. The summed E-state index contributed by atoms with van der Waals surface area (Å²) in [6, 6.07) is 4.61. The Bertz CT molecular complexity index is 545. The Morgan fingerprint density at radius 1 is 1.53 bits per heavy atom. The van der Waals surface area contributed by atoms with Gasteiger partial charge in [0.2, 0.25) is 0 Å². The highest BCUT2D eigenvalue weighted by molar-refractivity contribution is 6.11. The Morgan fingerprint density at radius 2 is 2.29 bits per heavy atom. The van der Waals surface area contributed by atoms with Gasteiger partial charge in [0.25, 0.3) is 0 Å². The number of H-pyrrole nitrogens is 1. The smallest absolute Gasteiger partial charge is 0.181 e. The predicted molar refractivity (Wildman–Crippen MR) is 67.2 cm³/mol. The summed E-state index contributed by atoms with van der Waals surface area (Å²) in [5, 5.41) is 10.3. The van der Waals surface area contributed by atoms with Crippen LogP contribution < -0.4 is 5.73 Å². The molecule has 90 valence electrons. The zero-order chi connectivity index (χ0) is 12.4. The Hall–Kier alpha value is -1.81. The minimum Gasteiger partial charge on any atom is -0.507 e. The number of carbonyl (C=O) groups excluding carboxylic acids is 1. The number of rotatable bonds is 4. The van der Waals surface area contributed by atoms with Crippen LogP contribution in [0.2, 0.25) is 0 Å². The van der Waals surface area contributed by atoms with E-state index in [0.717, 1.165) is 11.9 Å². The lowest BCUT2D eigenvalue weighted by molar-refractivity contribution is 0.0958. The molecule has 0 radical (unpaired) electrons. The number of fused-ring (bicyclic) bond motifs is 1. The van der Waals surface area contributed by atoms with Gasteiger partial charge < -0.3 is 15.8 Å². The van der Waals surface area contributed by atoms with Crippen LogP contribution in [0.1, 0.15) is 30.1 Å². The van der Waals surface area contributed by atoms with Crippen molar-refractivity contribution in [3.05, 3.63) is 30.0 Å². The molecule has 4 nitrogen and oxygen atoms in total. The average molecular weight is 232 g/mol. The number of carbonyl (C=O) groups is 1. The van der Waals surface area contributed by atoms with E-state index in [1.165, 1.54) is 0 Å². The first-order valence-electron chi connectivity index (χ1n) is 5.74. The van der Waals surface area contributed by atoms with Gasteiger partial charge in [-0.05, 0) is 18.6 Å². The molecule has 1 aromatic carbocycles. The molecule has 1 atom stereocenters. The minimum absolute atomic E-state index is 0.107. The quantitative estimate of drug-likeness (QED) is 0.707. The van der Waals surface area contributed by atoms with Crippen molar-refractivity contribution in [2.75, 3.05) is 0 Å². The Balaban J connectivity index is 2.46. The fourth-order valence-corrected chi connectivity index (χ4v) is 2.00. The van der Waals surface area contributed by atoms with Crippen LogP contribution in [0.4, 0.5) is 0 Å². The number of hydrogen-bond acceptors (Lipinski definition) is 3. The summed E-state index contributed by atoms with van der Waals surface area (Å²) in [7, 11) is 0. The van der Waals surface area contributed by atoms with E-state index >= 15 is 0 Å². The molecule has 0 aliphatic rings. The predicted octanol–water partition coefficient (Wildman–Crippen LogP) is 2.18. The molecule has 0 spiro atoms. The van der Waals surface area contributed by atoms with Crippen molar-refractivity contribution in [1.82, 2.24) is 4.98 Å². The largest absolute Gasteiger partial charge is 0.507 e. The number of phenols is 1. The van der Waals surface area contributed by atoms with Crippen molar-refractivity contribution in [2.45, 2.75) is 25.8 Å². The molecule has 2 rings (SSSR count). The molecule has 0 fully saturated rings. The molecule has 4 heteroatoms. The van der Waals surface area contributed by atoms with Crippen molar-refractivity contribution < 1.29 is 9.90 Å². The Kier molecular flexibility index (Phi) is 3.15. The maximum atomic E-state index is 12.1. The van der Waals surface area contributed by atoms with Gasteiger partial charge in [-0.1, -0.05) is 19.4 Å². The molecule has 1 unspecified atom stereocenters. The lowest BCUT2D eigenvalue weighted by Gasteiger charge is -2.08. The van der Waals surface area contributed by atoms with Crippen LogP contribution in [-0.2, 0) is 0 Å². The van der Waals surface area contributed by atoms with Gasteiger partial charge in [0.15, 0.2) is 5.78 Å². The Morgan fingerprint density at radius 3 is 3.00 bits per heavy atom. The summed E-state index contributed by atoms with van der Waals surface area (Å²) in [4.78, 5) is 15.1. The standard InChI is InChI=1S/C13H16N2O2/c1-2-4-9(14)13(17)8-7-15-10-5-3-6-11(16)12(8)10/h3,5-7,9,15-16H,2,4,14H2,1H3. The second-order valence-corrected chi connectivity index (χ2v) is 4.16. The van der Waals surface area contributed by atoms with Gasteiger partial charge in [-0.2, -0.15) is 0 Å². The van der Waals surface area contributed by atoms with Gasteiger partial charge in [0, 0.05) is 17.3 Å². The molecular formula is C13H16N2O2. The number of aromatic hydroxyl groups is 1. The number of nitrogens with one attached hydrogen (secondary N) is 1. The molecule has 1 heterocycles. The Labute approximate surface area is 99.4 Å². The molecule has 0 saturated heterocycles. The fraction of sp³-hybridized carbons (Fsp3) is 0.308. The molecule has 2 aromatic rings. The number of Topliss-reactive ketones (excluding diaryl/α,β-unsaturated/α-hetero) is 1. The zero-order valence-electron chi connectivity index (χ0n) is 9.73. The first-order chi connectivity index (χ1) is 8.15. The van der Waals surface area contributed by atoms with Gasteiger partial charge in [-0.3, -0.25) is 4.79 Å². The van der Waals surface area contributed by atoms with Crippen LogP contribution in [-0.4, -0.2) is 21.9 Å². The topological polar surface area (TPSA) is 79.1 Å². The van der Waals surface area contributed by atoms with Crippen LogP contribution in [0.25, 0.3) is 10.9 Å². The number of hydrogen-bond donors (Lipinski definition) is 3. The highest BCUT2D eigenvalue weighted by Gasteiger charge is 2.20. The van der Waals surface area contributed by atoms with Gasteiger partial charge in [0.05, 0.1) is 11.4 Å². The summed E-state index contributed by atoms with van der Waals surface area (Å²) >= 11 is 0. The van der Waals surface area contributed by atoms with Crippen LogP contribution in [0, 0.1) is 0 Å². The van der Waals surface area contributed by atoms with Crippen LogP contribution in [0.15, 0.2) is 24.4 Å². The lowest BCUT2D eigenvalue weighted by Crippen LogP contribution is -2.30. The van der Waals surface area contributed by atoms with Crippen molar-refractivity contribution in [3.8, 4) is 5.75 Å². The number of nitrogens with two attached hydrogens (primary N) is 1. The van der Waals surface area contributed by atoms with Gasteiger partial charge in [-0.15, -0.1) is 0 Å². The molecule has 0 aliphatic heterocycles. The van der Waals surface area contributed by atoms with E-state index in [9.17, 15) is 9.90 Å². The summed E-state index contributed by atoms with van der Waals surface area (Å²) in [6.45, 7) is 1.99. The number of aromatic nitrogens is 1. The first-order valence-corrected chi connectivity index (χ1v) is 5.74. The van der Waals surface area contributed by atoms with Gasteiger partial charge in [-0.25, -0.2) is 0 Å². The highest BCUT2D eigenvalue weighted by atomic mass is 16.3. The maximum absolute atomic E-state index is 12.1. The zero-order valence-corrected chi connectivity index (χ0v) is 9.73. The van der Waals surface area contributed by atoms with E-state index in [4.69, 9.17) is 5.73 Å². The molecule has 0 aliphatic carbocycles. The molecule has 4 N–H and O–H groups in total. The SMILES string of the molecule is CCCC(N)C(=O)c1c[nH]c2cccc(O)c12. The van der Waals surface area contributed by atoms with Gasteiger partial charge in [0.1, 0.15) is 5.75 Å².